The van der Waals surface area contributed by atoms with Crippen LogP contribution in [0.5, 0.6) is 0 Å². The first-order chi connectivity index (χ1) is 7.04. The fourth-order valence-electron chi connectivity index (χ4n) is 1.32. The number of nitrogen functional groups attached to an aromatic ring is 1. The molecular formula is C10H14FNO2S. The Hall–Kier alpha value is -0.780. The number of benzene rings is 1. The average molecular weight is 231 g/mol. The highest BCUT2D eigenvalue weighted by atomic mass is 32.1. The van der Waals surface area contributed by atoms with Gasteiger partial charge in [0.1, 0.15) is 11.9 Å². The zero-order valence-electron chi connectivity index (χ0n) is 8.10. The third kappa shape index (κ3) is 3.37. The summed E-state index contributed by atoms with van der Waals surface area (Å²) in [6.45, 7) is 0. The zero-order valence-corrected chi connectivity index (χ0v) is 8.99. The van der Waals surface area contributed by atoms with E-state index in [0.29, 0.717) is 12.2 Å². The van der Waals surface area contributed by atoms with Crippen LogP contribution in [0.25, 0.3) is 0 Å². The highest BCUT2D eigenvalue weighted by Gasteiger charge is 2.18. The molecule has 0 saturated carbocycles. The summed E-state index contributed by atoms with van der Waals surface area (Å²) in [4.78, 5) is 0. The van der Waals surface area contributed by atoms with Crippen LogP contribution >= 0.6 is 12.6 Å². The zero-order chi connectivity index (χ0) is 11.4. The predicted molar refractivity (Wildman–Crippen MR) is 60.2 cm³/mol. The minimum Gasteiger partial charge on any atom is -0.399 e. The SMILES string of the molecule is Nc1cc(F)cc(C(O)C(O)CCS)c1. The molecule has 2 unspecified atom stereocenters. The van der Waals surface area contributed by atoms with E-state index in [0.717, 1.165) is 12.1 Å². The van der Waals surface area contributed by atoms with Gasteiger partial charge in [-0.15, -0.1) is 0 Å². The lowest BCUT2D eigenvalue weighted by Gasteiger charge is -2.17. The smallest absolute Gasteiger partial charge is 0.125 e. The van der Waals surface area contributed by atoms with Crippen LogP contribution in [-0.2, 0) is 0 Å². The number of aliphatic hydroxyl groups is 2. The maximum atomic E-state index is 12.9. The van der Waals surface area contributed by atoms with Gasteiger partial charge >= 0.3 is 0 Å². The fraction of sp³-hybridized carbons (Fsp3) is 0.400. The van der Waals surface area contributed by atoms with Crippen LogP contribution in [0.15, 0.2) is 18.2 Å². The lowest BCUT2D eigenvalue weighted by atomic mass is 10.0. The van der Waals surface area contributed by atoms with Crippen LogP contribution in [-0.4, -0.2) is 22.1 Å². The number of rotatable bonds is 4. The Bertz CT molecular complexity index is 315. The third-order valence-electron chi connectivity index (χ3n) is 2.07. The van der Waals surface area contributed by atoms with Gasteiger partial charge in [0.05, 0.1) is 6.10 Å². The van der Waals surface area contributed by atoms with Crippen molar-refractivity contribution in [1.29, 1.82) is 0 Å². The maximum absolute atomic E-state index is 12.9. The van der Waals surface area contributed by atoms with Crippen molar-refractivity contribution in [1.82, 2.24) is 0 Å². The lowest BCUT2D eigenvalue weighted by Crippen LogP contribution is -2.19. The highest BCUT2D eigenvalue weighted by Crippen LogP contribution is 2.22. The minimum atomic E-state index is -1.13. The summed E-state index contributed by atoms with van der Waals surface area (Å²) < 4.78 is 12.9. The van der Waals surface area contributed by atoms with Crippen LogP contribution in [0.2, 0.25) is 0 Å². The first kappa shape index (κ1) is 12.3. The van der Waals surface area contributed by atoms with Crippen LogP contribution in [0.3, 0.4) is 0 Å². The van der Waals surface area contributed by atoms with E-state index in [4.69, 9.17) is 5.73 Å². The van der Waals surface area contributed by atoms with Gasteiger partial charge in [0, 0.05) is 5.69 Å². The molecule has 0 aliphatic rings. The molecule has 4 N–H and O–H groups in total. The molecule has 0 radical (unpaired) electrons. The number of nitrogens with two attached hydrogens (primary N) is 1. The van der Waals surface area contributed by atoms with Gasteiger partial charge in [-0.25, -0.2) is 4.39 Å². The van der Waals surface area contributed by atoms with E-state index < -0.39 is 18.0 Å². The molecule has 3 nitrogen and oxygen atoms in total. The van der Waals surface area contributed by atoms with E-state index >= 15 is 0 Å². The van der Waals surface area contributed by atoms with Crippen molar-refractivity contribution in [2.24, 2.45) is 0 Å². The second-order valence-electron chi connectivity index (χ2n) is 3.34. The molecule has 84 valence electrons. The van der Waals surface area contributed by atoms with Gasteiger partial charge in [0.15, 0.2) is 0 Å². The quantitative estimate of drug-likeness (QED) is 0.464. The van der Waals surface area contributed by atoms with Gasteiger partial charge in [-0.05, 0) is 35.9 Å². The Kier molecular flexibility index (Phi) is 4.38. The summed E-state index contributed by atoms with van der Waals surface area (Å²) >= 11 is 3.94. The van der Waals surface area contributed by atoms with E-state index in [9.17, 15) is 14.6 Å². The summed E-state index contributed by atoms with van der Waals surface area (Å²) in [5, 5.41) is 19.2. The highest BCUT2D eigenvalue weighted by molar-refractivity contribution is 7.80. The second kappa shape index (κ2) is 5.34. The molecule has 1 aromatic rings. The van der Waals surface area contributed by atoms with Crippen LogP contribution in [0.1, 0.15) is 18.1 Å². The number of anilines is 1. The molecule has 0 aromatic heterocycles. The van der Waals surface area contributed by atoms with E-state index in [1.54, 1.807) is 0 Å². The molecule has 1 rings (SSSR count). The van der Waals surface area contributed by atoms with Crippen LogP contribution < -0.4 is 5.73 Å². The fourth-order valence-corrected chi connectivity index (χ4v) is 1.58. The molecular weight excluding hydrogens is 217 g/mol. The number of aliphatic hydroxyl groups excluding tert-OH is 2. The molecule has 0 spiro atoms. The van der Waals surface area contributed by atoms with Gasteiger partial charge < -0.3 is 15.9 Å². The minimum absolute atomic E-state index is 0.224. The second-order valence-corrected chi connectivity index (χ2v) is 3.79. The first-order valence-corrected chi connectivity index (χ1v) is 5.21. The Morgan fingerprint density at radius 1 is 1.33 bits per heavy atom. The molecule has 0 saturated heterocycles. The van der Waals surface area contributed by atoms with Crippen molar-refractivity contribution in [3.63, 3.8) is 0 Å². The van der Waals surface area contributed by atoms with E-state index in [-0.39, 0.29) is 11.3 Å². The normalized spacial score (nSPS) is 14.9. The number of thiol groups is 1. The lowest BCUT2D eigenvalue weighted by molar-refractivity contribution is 0.0171. The van der Waals surface area contributed by atoms with Gasteiger partial charge in [0.25, 0.3) is 0 Å². The van der Waals surface area contributed by atoms with Gasteiger partial charge in [-0.3, -0.25) is 0 Å². The number of halogens is 1. The standard InChI is InChI=1S/C10H14FNO2S/c11-7-3-6(4-8(12)5-7)10(14)9(13)1-2-15/h3-5,9-10,13-15H,1-2,12H2. The summed E-state index contributed by atoms with van der Waals surface area (Å²) in [5.41, 5.74) is 5.93. The molecule has 1 aromatic carbocycles. The van der Waals surface area contributed by atoms with Gasteiger partial charge in [-0.2, -0.15) is 12.6 Å². The summed E-state index contributed by atoms with van der Waals surface area (Å²) in [6.07, 6.45) is -1.75. The summed E-state index contributed by atoms with van der Waals surface area (Å²) in [7, 11) is 0. The van der Waals surface area contributed by atoms with E-state index in [2.05, 4.69) is 12.6 Å². The summed E-state index contributed by atoms with van der Waals surface area (Å²) in [6, 6.07) is 3.75. The van der Waals surface area contributed by atoms with Crippen molar-refractivity contribution in [3.8, 4) is 0 Å². The number of hydrogen-bond donors (Lipinski definition) is 4. The van der Waals surface area contributed by atoms with Gasteiger partial charge in [0.2, 0.25) is 0 Å². The Balaban J connectivity index is 2.85. The molecule has 2 atom stereocenters. The van der Waals surface area contributed by atoms with Crippen molar-refractivity contribution in [2.75, 3.05) is 11.5 Å². The molecule has 0 amide bonds. The van der Waals surface area contributed by atoms with Crippen molar-refractivity contribution >= 4 is 18.3 Å². The monoisotopic (exact) mass is 231 g/mol. The topological polar surface area (TPSA) is 66.5 Å². The maximum Gasteiger partial charge on any atom is 0.125 e. The average Bonchev–Trinajstić information content (AvgIpc) is 2.15. The third-order valence-corrected chi connectivity index (χ3v) is 2.33. The Morgan fingerprint density at radius 3 is 2.53 bits per heavy atom. The molecule has 0 aliphatic heterocycles. The van der Waals surface area contributed by atoms with Crippen molar-refractivity contribution < 1.29 is 14.6 Å². The largest absolute Gasteiger partial charge is 0.399 e. The van der Waals surface area contributed by atoms with Gasteiger partial charge in [-0.1, -0.05) is 0 Å². The van der Waals surface area contributed by atoms with Crippen LogP contribution in [0, 0.1) is 5.82 Å². The number of hydrogen-bond acceptors (Lipinski definition) is 4. The molecule has 0 bridgehead atoms. The molecule has 5 heteroatoms. The first-order valence-electron chi connectivity index (χ1n) is 4.57. The Morgan fingerprint density at radius 2 is 2.00 bits per heavy atom. The Labute approximate surface area is 93.1 Å². The molecule has 15 heavy (non-hydrogen) atoms. The molecule has 0 fully saturated rings. The van der Waals surface area contributed by atoms with Crippen molar-refractivity contribution in [2.45, 2.75) is 18.6 Å². The van der Waals surface area contributed by atoms with Crippen LogP contribution in [0.4, 0.5) is 10.1 Å². The van der Waals surface area contributed by atoms with E-state index in [1.807, 2.05) is 0 Å². The van der Waals surface area contributed by atoms with Crippen molar-refractivity contribution in [3.05, 3.63) is 29.6 Å². The summed E-state index contributed by atoms with van der Waals surface area (Å²) in [5.74, 6) is -0.0784. The molecule has 0 heterocycles. The molecule has 0 aliphatic carbocycles. The predicted octanol–water partition coefficient (Wildman–Crippen LogP) is 1.12. The van der Waals surface area contributed by atoms with E-state index in [1.165, 1.54) is 6.07 Å².